The van der Waals surface area contributed by atoms with Crippen LogP contribution in [0.5, 0.6) is 0 Å². The van der Waals surface area contributed by atoms with Crippen LogP contribution in [-0.4, -0.2) is 13.1 Å². The molecule has 1 aromatic carbocycles. The van der Waals surface area contributed by atoms with Crippen molar-refractivity contribution >= 4 is 17.7 Å². The van der Waals surface area contributed by atoms with Crippen LogP contribution in [-0.2, 0) is 9.53 Å². The third-order valence-corrected chi connectivity index (χ3v) is 1.82. The number of nitrogen functional groups attached to an aromatic ring is 1. The van der Waals surface area contributed by atoms with Crippen molar-refractivity contribution in [2.45, 2.75) is 0 Å². The van der Waals surface area contributed by atoms with Gasteiger partial charge in [0.25, 0.3) is 0 Å². The summed E-state index contributed by atoms with van der Waals surface area (Å²) in [6.07, 6.45) is 2.82. The predicted molar refractivity (Wildman–Crippen MR) is 56.6 cm³/mol. The summed E-state index contributed by atoms with van der Waals surface area (Å²) >= 11 is 0. The number of hydrogen-bond donors (Lipinski definition) is 1. The molecule has 0 aliphatic rings. The van der Waals surface area contributed by atoms with Crippen molar-refractivity contribution in [3.63, 3.8) is 0 Å². The number of anilines is 1. The van der Waals surface area contributed by atoms with E-state index in [4.69, 9.17) is 11.0 Å². The molecule has 0 saturated carbocycles. The molecule has 0 aliphatic carbocycles. The first-order valence-electron chi connectivity index (χ1n) is 4.23. The minimum absolute atomic E-state index is 0.446. The van der Waals surface area contributed by atoms with Gasteiger partial charge in [-0.1, -0.05) is 6.07 Å². The molecule has 1 aromatic rings. The summed E-state index contributed by atoms with van der Waals surface area (Å²) < 4.78 is 4.44. The molecule has 1 rings (SSSR count). The number of nitrogens with zero attached hydrogens (tertiary/aromatic N) is 1. The van der Waals surface area contributed by atoms with Crippen LogP contribution in [0.2, 0.25) is 0 Å². The van der Waals surface area contributed by atoms with Gasteiger partial charge in [-0.3, -0.25) is 0 Å². The summed E-state index contributed by atoms with van der Waals surface area (Å²) in [6, 6.07) is 6.83. The standard InChI is InChI=1S/C11H10N2O2/c1-15-11(14)5-4-9-3-2-8(7-12)6-10(9)13/h2-6H,13H2,1H3. The summed E-state index contributed by atoms with van der Waals surface area (Å²) in [6.45, 7) is 0. The molecule has 0 aromatic heterocycles. The van der Waals surface area contributed by atoms with Crippen LogP contribution in [0.4, 0.5) is 5.69 Å². The van der Waals surface area contributed by atoms with Crippen LogP contribution >= 0.6 is 0 Å². The zero-order valence-electron chi connectivity index (χ0n) is 8.23. The molecule has 4 heteroatoms. The van der Waals surface area contributed by atoms with E-state index in [9.17, 15) is 4.79 Å². The van der Waals surface area contributed by atoms with Crippen molar-refractivity contribution < 1.29 is 9.53 Å². The van der Waals surface area contributed by atoms with E-state index in [1.807, 2.05) is 6.07 Å². The minimum Gasteiger partial charge on any atom is -0.466 e. The normalized spacial score (nSPS) is 9.87. The van der Waals surface area contributed by atoms with Crippen LogP contribution in [0, 0.1) is 11.3 Å². The predicted octanol–water partition coefficient (Wildman–Crippen LogP) is 1.33. The maximum Gasteiger partial charge on any atom is 0.330 e. The van der Waals surface area contributed by atoms with E-state index in [-0.39, 0.29) is 0 Å². The summed E-state index contributed by atoms with van der Waals surface area (Å²) in [5.41, 5.74) is 7.29. The molecular formula is C11H10N2O2. The molecule has 0 saturated heterocycles. The fraction of sp³-hybridized carbons (Fsp3) is 0.0909. The van der Waals surface area contributed by atoms with Crippen molar-refractivity contribution in [1.82, 2.24) is 0 Å². The quantitative estimate of drug-likeness (QED) is 0.446. The van der Waals surface area contributed by atoms with E-state index in [1.54, 1.807) is 24.3 Å². The first-order chi connectivity index (χ1) is 7.17. The highest BCUT2D eigenvalue weighted by Gasteiger charge is 1.98. The lowest BCUT2D eigenvalue weighted by Crippen LogP contribution is -1.95. The molecule has 15 heavy (non-hydrogen) atoms. The van der Waals surface area contributed by atoms with Gasteiger partial charge in [0.15, 0.2) is 0 Å². The molecule has 0 heterocycles. The number of nitriles is 1. The monoisotopic (exact) mass is 202 g/mol. The lowest BCUT2D eigenvalue weighted by atomic mass is 10.1. The van der Waals surface area contributed by atoms with Crippen molar-refractivity contribution in [3.8, 4) is 6.07 Å². The van der Waals surface area contributed by atoms with Gasteiger partial charge in [-0.05, 0) is 23.8 Å². The largest absolute Gasteiger partial charge is 0.466 e. The van der Waals surface area contributed by atoms with E-state index in [0.29, 0.717) is 16.8 Å². The Morgan fingerprint density at radius 1 is 1.60 bits per heavy atom. The van der Waals surface area contributed by atoms with E-state index in [0.717, 1.165) is 0 Å². The van der Waals surface area contributed by atoms with Crippen molar-refractivity contribution in [2.75, 3.05) is 12.8 Å². The van der Waals surface area contributed by atoms with Crippen molar-refractivity contribution in [2.24, 2.45) is 0 Å². The number of rotatable bonds is 2. The van der Waals surface area contributed by atoms with Gasteiger partial charge in [0.2, 0.25) is 0 Å². The Balaban J connectivity index is 2.93. The smallest absolute Gasteiger partial charge is 0.330 e. The van der Waals surface area contributed by atoms with Crippen LogP contribution in [0.1, 0.15) is 11.1 Å². The zero-order chi connectivity index (χ0) is 11.3. The highest BCUT2D eigenvalue weighted by Crippen LogP contribution is 2.15. The Bertz CT molecular complexity index is 444. The van der Waals surface area contributed by atoms with Gasteiger partial charge in [-0.2, -0.15) is 5.26 Å². The molecular weight excluding hydrogens is 192 g/mol. The number of hydrogen-bond acceptors (Lipinski definition) is 4. The third-order valence-electron chi connectivity index (χ3n) is 1.82. The molecule has 0 fully saturated rings. The summed E-state index contributed by atoms with van der Waals surface area (Å²) in [4.78, 5) is 10.8. The Hall–Kier alpha value is -2.28. The number of esters is 1. The topological polar surface area (TPSA) is 76.1 Å². The van der Waals surface area contributed by atoms with E-state index in [2.05, 4.69) is 4.74 Å². The highest BCUT2D eigenvalue weighted by atomic mass is 16.5. The first kappa shape index (κ1) is 10.8. The molecule has 0 atom stereocenters. The maximum atomic E-state index is 10.8. The Kier molecular flexibility index (Phi) is 3.47. The maximum absolute atomic E-state index is 10.8. The fourth-order valence-electron chi connectivity index (χ4n) is 1.02. The second-order valence-corrected chi connectivity index (χ2v) is 2.81. The zero-order valence-corrected chi connectivity index (χ0v) is 8.23. The van der Waals surface area contributed by atoms with E-state index < -0.39 is 5.97 Å². The Morgan fingerprint density at radius 3 is 2.87 bits per heavy atom. The number of methoxy groups -OCH3 is 1. The second kappa shape index (κ2) is 4.82. The van der Waals surface area contributed by atoms with Gasteiger partial charge in [0.05, 0.1) is 18.7 Å². The second-order valence-electron chi connectivity index (χ2n) is 2.81. The van der Waals surface area contributed by atoms with Crippen LogP contribution in [0.15, 0.2) is 24.3 Å². The number of ether oxygens (including phenoxy) is 1. The summed E-state index contributed by atoms with van der Waals surface area (Å²) in [5.74, 6) is -0.446. The molecule has 0 amide bonds. The van der Waals surface area contributed by atoms with Gasteiger partial charge >= 0.3 is 5.97 Å². The Morgan fingerprint density at radius 2 is 2.33 bits per heavy atom. The molecule has 0 aliphatic heterocycles. The lowest BCUT2D eigenvalue weighted by molar-refractivity contribution is -0.134. The van der Waals surface area contributed by atoms with Crippen molar-refractivity contribution in [3.05, 3.63) is 35.4 Å². The third kappa shape index (κ3) is 2.85. The molecule has 76 valence electrons. The molecule has 0 unspecified atom stereocenters. The number of nitrogens with two attached hydrogens (primary N) is 1. The van der Waals surface area contributed by atoms with E-state index >= 15 is 0 Å². The number of carbonyl (C=O) groups excluding carboxylic acids is 1. The minimum atomic E-state index is -0.446. The lowest BCUT2D eigenvalue weighted by Gasteiger charge is -1.99. The Labute approximate surface area is 87.6 Å². The van der Waals surface area contributed by atoms with Crippen molar-refractivity contribution in [1.29, 1.82) is 5.26 Å². The average molecular weight is 202 g/mol. The SMILES string of the molecule is COC(=O)C=Cc1ccc(C#N)cc1N. The van der Waals surface area contributed by atoms with Gasteiger partial charge in [-0.15, -0.1) is 0 Å². The fourth-order valence-corrected chi connectivity index (χ4v) is 1.02. The molecule has 2 N–H and O–H groups in total. The average Bonchev–Trinajstić information content (AvgIpc) is 2.26. The van der Waals surface area contributed by atoms with Crippen LogP contribution in [0.3, 0.4) is 0 Å². The van der Waals surface area contributed by atoms with Gasteiger partial charge < -0.3 is 10.5 Å². The van der Waals surface area contributed by atoms with Crippen LogP contribution < -0.4 is 5.73 Å². The first-order valence-corrected chi connectivity index (χ1v) is 4.23. The molecule has 0 radical (unpaired) electrons. The van der Waals surface area contributed by atoms with E-state index in [1.165, 1.54) is 13.2 Å². The molecule has 0 spiro atoms. The molecule has 4 nitrogen and oxygen atoms in total. The summed E-state index contributed by atoms with van der Waals surface area (Å²) in [5, 5.41) is 8.61. The summed E-state index contributed by atoms with van der Waals surface area (Å²) in [7, 11) is 1.30. The number of carbonyl (C=O) groups is 1. The van der Waals surface area contributed by atoms with Gasteiger partial charge in [0.1, 0.15) is 0 Å². The number of benzene rings is 1. The van der Waals surface area contributed by atoms with Gasteiger partial charge in [-0.25, -0.2) is 4.79 Å². The highest BCUT2D eigenvalue weighted by molar-refractivity contribution is 5.88. The van der Waals surface area contributed by atoms with Crippen LogP contribution in [0.25, 0.3) is 6.08 Å². The van der Waals surface area contributed by atoms with Gasteiger partial charge in [0, 0.05) is 11.8 Å². The molecule has 0 bridgehead atoms.